The van der Waals surface area contributed by atoms with Crippen molar-refractivity contribution in [3.8, 4) is 0 Å². The lowest BCUT2D eigenvalue weighted by Crippen LogP contribution is -2.32. The van der Waals surface area contributed by atoms with E-state index in [2.05, 4.69) is 20.8 Å². The van der Waals surface area contributed by atoms with Crippen LogP contribution in [-0.2, 0) is 4.79 Å². The first-order valence-corrected chi connectivity index (χ1v) is 8.00. The summed E-state index contributed by atoms with van der Waals surface area (Å²) in [5.41, 5.74) is 0. The smallest absolute Gasteiger partial charge is 0.146 e. The van der Waals surface area contributed by atoms with Gasteiger partial charge in [0.1, 0.15) is 5.78 Å². The molecule has 1 heterocycles. The summed E-state index contributed by atoms with van der Waals surface area (Å²) >= 11 is 3.88. The Hall–Kier alpha value is 0.370. The molecule has 0 aromatic carbocycles. The standard InChI is InChI=1S/C12H22OS2/c1-4-11-12(15-8-7-14-11)10(13)6-5-9(2)3/h9,11-12H,4-8H2,1-3H3. The van der Waals surface area contributed by atoms with Crippen LogP contribution in [0, 0.1) is 5.92 Å². The lowest BCUT2D eigenvalue weighted by atomic mass is 10.0. The molecule has 1 fully saturated rings. The zero-order valence-corrected chi connectivity index (χ0v) is 11.6. The van der Waals surface area contributed by atoms with E-state index in [9.17, 15) is 4.79 Å². The van der Waals surface area contributed by atoms with E-state index in [-0.39, 0.29) is 5.25 Å². The third-order valence-corrected chi connectivity index (χ3v) is 6.03. The molecule has 3 heteroatoms. The van der Waals surface area contributed by atoms with Gasteiger partial charge in [0.15, 0.2) is 0 Å². The van der Waals surface area contributed by atoms with E-state index in [1.54, 1.807) is 0 Å². The van der Waals surface area contributed by atoms with E-state index >= 15 is 0 Å². The van der Waals surface area contributed by atoms with E-state index in [0.717, 1.165) is 25.0 Å². The predicted molar refractivity (Wildman–Crippen MR) is 71.9 cm³/mol. The molecule has 2 atom stereocenters. The molecule has 2 unspecified atom stereocenters. The van der Waals surface area contributed by atoms with Crippen LogP contribution in [0.4, 0.5) is 0 Å². The molecule has 1 rings (SSSR count). The van der Waals surface area contributed by atoms with Gasteiger partial charge in [-0.05, 0) is 18.8 Å². The van der Waals surface area contributed by atoms with Crippen molar-refractivity contribution in [1.29, 1.82) is 0 Å². The van der Waals surface area contributed by atoms with E-state index < -0.39 is 0 Å². The van der Waals surface area contributed by atoms with Crippen LogP contribution in [0.2, 0.25) is 0 Å². The number of thioether (sulfide) groups is 2. The molecule has 0 aliphatic carbocycles. The van der Waals surface area contributed by atoms with Crippen molar-refractivity contribution in [2.24, 2.45) is 5.92 Å². The number of Topliss-reactive ketones (excluding diaryl/α,β-unsaturated/α-hetero) is 1. The van der Waals surface area contributed by atoms with Gasteiger partial charge in [-0.1, -0.05) is 20.8 Å². The lowest BCUT2D eigenvalue weighted by Gasteiger charge is -2.28. The van der Waals surface area contributed by atoms with Crippen molar-refractivity contribution in [3.05, 3.63) is 0 Å². The summed E-state index contributed by atoms with van der Waals surface area (Å²) in [6.45, 7) is 6.58. The summed E-state index contributed by atoms with van der Waals surface area (Å²) in [6, 6.07) is 0. The minimum atomic E-state index is 0.285. The fourth-order valence-electron chi connectivity index (χ4n) is 1.77. The van der Waals surface area contributed by atoms with Gasteiger partial charge < -0.3 is 0 Å². The van der Waals surface area contributed by atoms with Gasteiger partial charge in [-0.25, -0.2) is 0 Å². The van der Waals surface area contributed by atoms with Gasteiger partial charge in [0, 0.05) is 23.2 Å². The van der Waals surface area contributed by atoms with Crippen LogP contribution in [0.3, 0.4) is 0 Å². The molecule has 0 aromatic rings. The second-order valence-electron chi connectivity index (χ2n) is 4.51. The Kier molecular flexibility index (Phi) is 6.13. The van der Waals surface area contributed by atoms with E-state index in [1.807, 2.05) is 23.5 Å². The number of ketones is 1. The molecule has 15 heavy (non-hydrogen) atoms. The number of rotatable bonds is 5. The quantitative estimate of drug-likeness (QED) is 0.737. The van der Waals surface area contributed by atoms with E-state index in [1.165, 1.54) is 5.75 Å². The molecule has 0 N–H and O–H groups in total. The van der Waals surface area contributed by atoms with Crippen molar-refractivity contribution in [2.75, 3.05) is 11.5 Å². The first-order chi connectivity index (χ1) is 7.15. The maximum atomic E-state index is 12.0. The molecule has 1 aliphatic rings. The summed E-state index contributed by atoms with van der Waals surface area (Å²) in [6.07, 6.45) is 2.97. The largest absolute Gasteiger partial charge is 0.298 e. The lowest BCUT2D eigenvalue weighted by molar-refractivity contribution is -0.118. The molecule has 88 valence electrons. The van der Waals surface area contributed by atoms with Crippen LogP contribution in [-0.4, -0.2) is 27.8 Å². The van der Waals surface area contributed by atoms with Crippen molar-refractivity contribution >= 4 is 29.3 Å². The van der Waals surface area contributed by atoms with E-state index in [0.29, 0.717) is 17.0 Å². The van der Waals surface area contributed by atoms with Gasteiger partial charge >= 0.3 is 0 Å². The van der Waals surface area contributed by atoms with E-state index in [4.69, 9.17) is 0 Å². The maximum Gasteiger partial charge on any atom is 0.146 e. The van der Waals surface area contributed by atoms with Crippen LogP contribution < -0.4 is 0 Å². The zero-order chi connectivity index (χ0) is 11.3. The highest BCUT2D eigenvalue weighted by Gasteiger charge is 2.30. The Labute approximate surface area is 102 Å². The Bertz CT molecular complexity index is 204. The number of hydrogen-bond acceptors (Lipinski definition) is 3. The van der Waals surface area contributed by atoms with Crippen LogP contribution in [0.25, 0.3) is 0 Å². The summed E-state index contributed by atoms with van der Waals surface area (Å²) in [5, 5.41) is 0.857. The van der Waals surface area contributed by atoms with Crippen molar-refractivity contribution < 1.29 is 4.79 Å². The molecular weight excluding hydrogens is 224 g/mol. The summed E-state index contributed by atoms with van der Waals surface area (Å²) in [4.78, 5) is 12.0. The van der Waals surface area contributed by atoms with Crippen LogP contribution in [0.15, 0.2) is 0 Å². The average Bonchev–Trinajstić information content (AvgIpc) is 2.25. The van der Waals surface area contributed by atoms with Gasteiger partial charge in [-0.15, -0.1) is 11.8 Å². The monoisotopic (exact) mass is 246 g/mol. The Balaban J connectivity index is 2.41. The highest BCUT2D eigenvalue weighted by atomic mass is 32.2. The average molecular weight is 246 g/mol. The molecule has 0 radical (unpaired) electrons. The third-order valence-electron chi connectivity index (χ3n) is 2.74. The van der Waals surface area contributed by atoms with Crippen molar-refractivity contribution in [3.63, 3.8) is 0 Å². The van der Waals surface area contributed by atoms with Gasteiger partial charge in [-0.2, -0.15) is 11.8 Å². The summed E-state index contributed by atoms with van der Waals surface area (Å²) < 4.78 is 0. The molecule has 1 aliphatic heterocycles. The second kappa shape index (κ2) is 6.85. The Morgan fingerprint density at radius 1 is 1.33 bits per heavy atom. The van der Waals surface area contributed by atoms with Crippen LogP contribution in [0.1, 0.15) is 40.0 Å². The second-order valence-corrected chi connectivity index (χ2v) is 7.10. The first-order valence-electron chi connectivity index (χ1n) is 5.91. The molecule has 1 saturated heterocycles. The fraction of sp³-hybridized carbons (Fsp3) is 0.917. The number of carbonyl (C=O) groups excluding carboxylic acids is 1. The Morgan fingerprint density at radius 2 is 2.00 bits per heavy atom. The molecule has 0 amide bonds. The minimum Gasteiger partial charge on any atom is -0.298 e. The molecular formula is C12H22OS2. The summed E-state index contributed by atoms with van der Waals surface area (Å²) in [5.74, 6) is 3.51. The zero-order valence-electron chi connectivity index (χ0n) is 9.99. The van der Waals surface area contributed by atoms with Gasteiger partial charge in [0.25, 0.3) is 0 Å². The molecule has 0 aromatic heterocycles. The Morgan fingerprint density at radius 3 is 2.60 bits per heavy atom. The normalized spacial score (nSPS) is 26.9. The SMILES string of the molecule is CCC1SCCSC1C(=O)CCC(C)C. The van der Waals surface area contributed by atoms with Gasteiger partial charge in [0.2, 0.25) is 0 Å². The fourth-order valence-corrected chi connectivity index (χ4v) is 4.85. The molecule has 1 nitrogen and oxygen atoms in total. The number of hydrogen-bond donors (Lipinski definition) is 0. The van der Waals surface area contributed by atoms with Crippen molar-refractivity contribution in [1.82, 2.24) is 0 Å². The topological polar surface area (TPSA) is 17.1 Å². The minimum absolute atomic E-state index is 0.285. The van der Waals surface area contributed by atoms with Crippen LogP contribution in [0.5, 0.6) is 0 Å². The van der Waals surface area contributed by atoms with Crippen LogP contribution >= 0.6 is 23.5 Å². The first kappa shape index (κ1) is 13.4. The molecule has 0 bridgehead atoms. The maximum absolute atomic E-state index is 12.0. The van der Waals surface area contributed by atoms with Crippen molar-refractivity contribution in [2.45, 2.75) is 50.5 Å². The molecule has 0 saturated carbocycles. The third kappa shape index (κ3) is 4.39. The van der Waals surface area contributed by atoms with Gasteiger partial charge in [0.05, 0.1) is 5.25 Å². The predicted octanol–water partition coefficient (Wildman–Crippen LogP) is 3.62. The highest BCUT2D eigenvalue weighted by molar-refractivity contribution is 8.07. The van der Waals surface area contributed by atoms with Gasteiger partial charge in [-0.3, -0.25) is 4.79 Å². The number of carbonyl (C=O) groups is 1. The molecule has 0 spiro atoms. The summed E-state index contributed by atoms with van der Waals surface area (Å²) in [7, 11) is 0. The highest BCUT2D eigenvalue weighted by Crippen LogP contribution is 2.34.